The quantitative estimate of drug-likeness (QED) is 0.539. The molecular weight excluding hydrogens is 372 g/mol. The Kier molecular flexibility index (Phi) is 3.98. The second-order valence-electron chi connectivity index (χ2n) is 7.61. The lowest BCUT2D eigenvalue weighted by atomic mass is 9.91. The normalized spacial score (nSPS) is 16.3. The van der Waals surface area contributed by atoms with Crippen molar-refractivity contribution in [1.82, 2.24) is 0 Å². The van der Waals surface area contributed by atoms with Crippen LogP contribution in [-0.2, 0) is 12.8 Å². The van der Waals surface area contributed by atoms with Gasteiger partial charge < -0.3 is 14.2 Å². The zero-order valence-electron chi connectivity index (χ0n) is 16.4. The third-order valence-corrected chi connectivity index (χ3v) is 5.74. The van der Waals surface area contributed by atoms with Crippen LogP contribution in [0.1, 0.15) is 22.3 Å². The van der Waals surface area contributed by atoms with Gasteiger partial charge in [-0.3, -0.25) is 0 Å². The lowest BCUT2D eigenvalue weighted by Crippen LogP contribution is -2.17. The molecule has 30 heavy (non-hydrogen) atoms. The topological polar surface area (TPSA) is 27.7 Å². The van der Waals surface area contributed by atoms with E-state index >= 15 is 0 Å². The molecule has 146 valence electrons. The van der Waals surface area contributed by atoms with Crippen molar-refractivity contribution in [2.75, 3.05) is 6.61 Å². The van der Waals surface area contributed by atoms with Crippen molar-refractivity contribution < 1.29 is 14.2 Å². The predicted octanol–water partition coefficient (Wildman–Crippen LogP) is 5.96. The van der Waals surface area contributed by atoms with Crippen LogP contribution in [0.3, 0.4) is 0 Å². The third kappa shape index (κ3) is 2.82. The summed E-state index contributed by atoms with van der Waals surface area (Å²) in [4.78, 5) is 0. The molecule has 0 saturated carbocycles. The molecule has 3 aromatic rings. The van der Waals surface area contributed by atoms with Crippen LogP contribution in [-0.4, -0.2) is 6.61 Å². The number of fused-ring (bicyclic) bond motifs is 3. The van der Waals surface area contributed by atoms with Crippen molar-refractivity contribution in [3.05, 3.63) is 113 Å². The van der Waals surface area contributed by atoms with Crippen LogP contribution in [0.25, 0.3) is 11.6 Å². The first-order valence-electron chi connectivity index (χ1n) is 10.2. The molecule has 3 heteroatoms. The smallest absolute Gasteiger partial charge is 0.173 e. The van der Waals surface area contributed by atoms with Gasteiger partial charge in [0.15, 0.2) is 11.5 Å². The zero-order valence-corrected chi connectivity index (χ0v) is 16.4. The number of ether oxygens (including phenoxy) is 3. The van der Waals surface area contributed by atoms with Gasteiger partial charge in [-0.05, 0) is 41.8 Å². The zero-order chi connectivity index (χ0) is 19.9. The Labute approximate surface area is 175 Å². The van der Waals surface area contributed by atoms with Gasteiger partial charge in [0.1, 0.15) is 23.9 Å². The van der Waals surface area contributed by atoms with E-state index in [0.717, 1.165) is 63.9 Å². The van der Waals surface area contributed by atoms with Gasteiger partial charge in [0.2, 0.25) is 0 Å². The van der Waals surface area contributed by atoms with Crippen LogP contribution in [0.2, 0.25) is 0 Å². The Bertz CT molecular complexity index is 1250. The Hall–Kier alpha value is -3.72. The highest BCUT2D eigenvalue weighted by atomic mass is 16.5. The summed E-state index contributed by atoms with van der Waals surface area (Å²) in [5.74, 6) is 4.22. The highest BCUT2D eigenvalue weighted by Gasteiger charge is 2.29. The van der Waals surface area contributed by atoms with Gasteiger partial charge in [-0.1, -0.05) is 60.7 Å². The van der Waals surface area contributed by atoms with Crippen LogP contribution < -0.4 is 14.2 Å². The van der Waals surface area contributed by atoms with Gasteiger partial charge in [-0.15, -0.1) is 0 Å². The summed E-state index contributed by atoms with van der Waals surface area (Å²) >= 11 is 0. The van der Waals surface area contributed by atoms with Crippen molar-refractivity contribution in [2.45, 2.75) is 12.8 Å². The minimum Gasteiger partial charge on any atom is -0.488 e. The predicted molar refractivity (Wildman–Crippen MR) is 118 cm³/mol. The van der Waals surface area contributed by atoms with E-state index in [9.17, 15) is 0 Å². The molecule has 6 rings (SSSR count). The summed E-state index contributed by atoms with van der Waals surface area (Å²) in [6.45, 7) is 0.580. The molecule has 0 aliphatic carbocycles. The molecular formula is C27H20O3. The van der Waals surface area contributed by atoms with Crippen LogP contribution in [0, 0.1) is 0 Å². The molecule has 0 N–H and O–H groups in total. The minimum absolute atomic E-state index is 0.580. The molecule has 3 nitrogen and oxygen atoms in total. The lowest BCUT2D eigenvalue weighted by Gasteiger charge is -2.28. The molecule has 0 atom stereocenters. The van der Waals surface area contributed by atoms with E-state index in [4.69, 9.17) is 14.2 Å². The van der Waals surface area contributed by atoms with Crippen molar-refractivity contribution in [2.24, 2.45) is 0 Å². The van der Waals surface area contributed by atoms with Crippen molar-refractivity contribution in [3.8, 4) is 17.2 Å². The molecule has 3 aliphatic rings. The SMILES string of the molecule is C1=Cc2cccc(C3=C(C4=CCc5ccccc5O4)Oc4ccccc4C3)c2OC1. The summed E-state index contributed by atoms with van der Waals surface area (Å²) in [5, 5.41) is 0. The average molecular weight is 392 g/mol. The van der Waals surface area contributed by atoms with Gasteiger partial charge in [0, 0.05) is 23.1 Å². The second kappa shape index (κ2) is 6.96. The van der Waals surface area contributed by atoms with Gasteiger partial charge >= 0.3 is 0 Å². The van der Waals surface area contributed by atoms with Gasteiger partial charge in [0.05, 0.1) is 0 Å². The van der Waals surface area contributed by atoms with Gasteiger partial charge in [-0.25, -0.2) is 0 Å². The number of hydrogen-bond acceptors (Lipinski definition) is 3. The first kappa shape index (κ1) is 17.2. The number of benzene rings is 3. The van der Waals surface area contributed by atoms with E-state index in [-0.39, 0.29) is 0 Å². The van der Waals surface area contributed by atoms with E-state index in [0.29, 0.717) is 6.61 Å². The molecule has 0 spiro atoms. The molecule has 3 aromatic carbocycles. The molecule has 0 amide bonds. The van der Waals surface area contributed by atoms with E-state index in [1.807, 2.05) is 36.4 Å². The molecule has 0 unspecified atom stereocenters. The number of allylic oxidation sites excluding steroid dienone is 2. The molecule has 0 saturated heterocycles. The fraction of sp³-hybridized carbons (Fsp3) is 0.111. The number of para-hydroxylation sites is 3. The van der Waals surface area contributed by atoms with Crippen molar-refractivity contribution >= 4 is 11.6 Å². The lowest BCUT2D eigenvalue weighted by molar-refractivity contribution is 0.334. The van der Waals surface area contributed by atoms with E-state index < -0.39 is 0 Å². The molecule has 0 bridgehead atoms. The monoisotopic (exact) mass is 392 g/mol. The maximum absolute atomic E-state index is 6.46. The largest absolute Gasteiger partial charge is 0.488 e. The first-order chi connectivity index (χ1) is 14.9. The molecule has 0 radical (unpaired) electrons. The van der Waals surface area contributed by atoms with Crippen molar-refractivity contribution in [1.29, 1.82) is 0 Å². The van der Waals surface area contributed by atoms with E-state index in [1.54, 1.807) is 0 Å². The summed E-state index contributed by atoms with van der Waals surface area (Å²) < 4.78 is 18.8. The molecule has 0 aromatic heterocycles. The maximum atomic E-state index is 6.46. The highest BCUT2D eigenvalue weighted by Crippen LogP contribution is 2.43. The summed E-state index contributed by atoms with van der Waals surface area (Å²) in [6.07, 6.45) is 7.85. The summed E-state index contributed by atoms with van der Waals surface area (Å²) in [6, 6.07) is 22.6. The second-order valence-corrected chi connectivity index (χ2v) is 7.61. The summed E-state index contributed by atoms with van der Waals surface area (Å²) in [7, 11) is 0. The minimum atomic E-state index is 0.580. The molecule has 3 aliphatic heterocycles. The highest BCUT2D eigenvalue weighted by molar-refractivity contribution is 5.82. The van der Waals surface area contributed by atoms with E-state index in [2.05, 4.69) is 48.6 Å². The maximum Gasteiger partial charge on any atom is 0.173 e. The fourth-order valence-corrected chi connectivity index (χ4v) is 4.27. The Morgan fingerprint density at radius 1 is 0.733 bits per heavy atom. The van der Waals surface area contributed by atoms with Crippen LogP contribution >= 0.6 is 0 Å². The van der Waals surface area contributed by atoms with Crippen molar-refractivity contribution in [3.63, 3.8) is 0 Å². The first-order valence-corrected chi connectivity index (χ1v) is 10.2. The standard InChI is InChI=1S/C27H20O3/c1-3-12-23-18(7-1)14-15-25(29-23)27-22(17-20-8-2-4-13-24(20)30-27)21-11-5-9-19-10-6-16-28-26(19)21/h1-13,15H,14,16-17H2. The fourth-order valence-electron chi connectivity index (χ4n) is 4.27. The number of hydrogen-bond donors (Lipinski definition) is 0. The third-order valence-electron chi connectivity index (χ3n) is 5.74. The summed E-state index contributed by atoms with van der Waals surface area (Å²) in [5.41, 5.74) is 5.59. The Morgan fingerprint density at radius 3 is 2.43 bits per heavy atom. The van der Waals surface area contributed by atoms with Crippen LogP contribution in [0.5, 0.6) is 17.2 Å². The number of rotatable bonds is 2. The van der Waals surface area contributed by atoms with E-state index in [1.165, 1.54) is 5.56 Å². The van der Waals surface area contributed by atoms with Crippen LogP contribution in [0.4, 0.5) is 0 Å². The van der Waals surface area contributed by atoms with Gasteiger partial charge in [0.25, 0.3) is 0 Å². The average Bonchev–Trinajstić information content (AvgIpc) is 2.82. The Balaban J connectivity index is 1.51. The molecule has 3 heterocycles. The Morgan fingerprint density at radius 2 is 1.53 bits per heavy atom. The van der Waals surface area contributed by atoms with Gasteiger partial charge in [-0.2, -0.15) is 0 Å². The van der Waals surface area contributed by atoms with Crippen LogP contribution in [0.15, 0.2) is 90.4 Å². The molecule has 0 fully saturated rings.